The summed E-state index contributed by atoms with van der Waals surface area (Å²) in [6.45, 7) is 1.90. The van der Waals surface area contributed by atoms with E-state index in [1.165, 1.54) is 18.2 Å². The van der Waals surface area contributed by atoms with Crippen molar-refractivity contribution in [2.75, 3.05) is 5.32 Å². The lowest BCUT2D eigenvalue weighted by Gasteiger charge is -2.09. The average molecular weight is 343 g/mol. The van der Waals surface area contributed by atoms with Crippen molar-refractivity contribution in [2.45, 2.75) is 6.92 Å². The van der Waals surface area contributed by atoms with Gasteiger partial charge in [-0.25, -0.2) is 4.39 Å². The number of hydrogen-bond acceptors (Lipinski definition) is 1. The minimum atomic E-state index is -0.606. The van der Waals surface area contributed by atoms with E-state index in [0.717, 1.165) is 10.0 Å². The van der Waals surface area contributed by atoms with Crippen LogP contribution in [0.1, 0.15) is 15.9 Å². The standard InChI is InChI=1S/C14H10BrClFNO/c1-8-3-2-4-12(13(8)15)18-14(19)10-7-9(16)5-6-11(10)17/h2-7H,1H3,(H,18,19). The number of rotatable bonds is 2. The molecule has 19 heavy (non-hydrogen) atoms. The summed E-state index contributed by atoms with van der Waals surface area (Å²) in [7, 11) is 0. The first-order valence-electron chi connectivity index (χ1n) is 5.50. The molecule has 1 N–H and O–H groups in total. The van der Waals surface area contributed by atoms with Crippen molar-refractivity contribution >= 4 is 39.1 Å². The second kappa shape index (κ2) is 5.72. The number of halogens is 3. The lowest BCUT2D eigenvalue weighted by molar-refractivity contribution is 0.102. The SMILES string of the molecule is Cc1cccc(NC(=O)c2cc(Cl)ccc2F)c1Br. The van der Waals surface area contributed by atoms with Gasteiger partial charge in [-0.3, -0.25) is 4.79 Å². The molecule has 0 aliphatic carbocycles. The Hall–Kier alpha value is -1.39. The maximum absolute atomic E-state index is 13.6. The maximum Gasteiger partial charge on any atom is 0.258 e. The number of hydrogen-bond donors (Lipinski definition) is 1. The number of anilines is 1. The molecule has 0 heterocycles. The number of nitrogens with one attached hydrogen (secondary N) is 1. The lowest BCUT2D eigenvalue weighted by Crippen LogP contribution is -2.14. The Balaban J connectivity index is 2.31. The number of carbonyl (C=O) groups is 1. The minimum absolute atomic E-state index is 0.0825. The fourth-order valence-electron chi connectivity index (χ4n) is 1.61. The highest BCUT2D eigenvalue weighted by Gasteiger charge is 2.14. The number of benzene rings is 2. The first kappa shape index (κ1) is 14.0. The van der Waals surface area contributed by atoms with Crippen molar-refractivity contribution < 1.29 is 9.18 Å². The summed E-state index contributed by atoms with van der Waals surface area (Å²) in [4.78, 5) is 12.0. The van der Waals surface area contributed by atoms with Gasteiger partial charge in [-0.1, -0.05) is 23.7 Å². The second-order valence-corrected chi connectivity index (χ2v) is 5.24. The number of aryl methyl sites for hydroxylation is 1. The van der Waals surface area contributed by atoms with Gasteiger partial charge in [0, 0.05) is 9.50 Å². The smallest absolute Gasteiger partial charge is 0.258 e. The van der Waals surface area contributed by atoms with Crippen molar-refractivity contribution in [3.05, 3.63) is 62.8 Å². The molecule has 0 atom stereocenters. The highest BCUT2D eigenvalue weighted by atomic mass is 79.9. The molecule has 2 rings (SSSR count). The van der Waals surface area contributed by atoms with E-state index >= 15 is 0 Å². The number of carbonyl (C=O) groups excluding carboxylic acids is 1. The molecule has 2 aromatic carbocycles. The van der Waals surface area contributed by atoms with Gasteiger partial charge in [0.15, 0.2) is 0 Å². The summed E-state index contributed by atoms with van der Waals surface area (Å²) in [5, 5.41) is 2.97. The van der Waals surface area contributed by atoms with Crippen molar-refractivity contribution in [2.24, 2.45) is 0 Å². The van der Waals surface area contributed by atoms with E-state index in [-0.39, 0.29) is 5.56 Å². The van der Waals surface area contributed by atoms with Gasteiger partial charge in [0.05, 0.1) is 11.3 Å². The Morgan fingerprint density at radius 3 is 2.79 bits per heavy atom. The van der Waals surface area contributed by atoms with Gasteiger partial charge in [-0.15, -0.1) is 0 Å². The highest BCUT2D eigenvalue weighted by molar-refractivity contribution is 9.10. The largest absolute Gasteiger partial charge is 0.321 e. The van der Waals surface area contributed by atoms with E-state index in [9.17, 15) is 9.18 Å². The summed E-state index contributed by atoms with van der Waals surface area (Å²) < 4.78 is 14.3. The van der Waals surface area contributed by atoms with E-state index < -0.39 is 11.7 Å². The fraction of sp³-hybridized carbons (Fsp3) is 0.0714. The van der Waals surface area contributed by atoms with Crippen molar-refractivity contribution in [3.8, 4) is 0 Å². The van der Waals surface area contributed by atoms with Crippen LogP contribution in [0.25, 0.3) is 0 Å². The van der Waals surface area contributed by atoms with Crippen molar-refractivity contribution in [1.82, 2.24) is 0 Å². The summed E-state index contributed by atoms with van der Waals surface area (Å²) in [6, 6.07) is 9.32. The Labute approximate surface area is 123 Å². The predicted molar refractivity (Wildman–Crippen MR) is 78.2 cm³/mol. The molecule has 0 saturated carbocycles. The first-order chi connectivity index (χ1) is 8.99. The van der Waals surface area contributed by atoms with E-state index in [1.807, 2.05) is 19.1 Å². The van der Waals surface area contributed by atoms with Crippen molar-refractivity contribution in [1.29, 1.82) is 0 Å². The van der Waals surface area contributed by atoms with Crippen LogP contribution in [-0.2, 0) is 0 Å². The first-order valence-corrected chi connectivity index (χ1v) is 6.67. The molecule has 0 aliphatic rings. The van der Waals surface area contributed by atoms with Crippen LogP contribution < -0.4 is 5.32 Å². The zero-order valence-corrected chi connectivity index (χ0v) is 12.3. The summed E-state index contributed by atoms with van der Waals surface area (Å²) in [6.07, 6.45) is 0. The van der Waals surface area contributed by atoms with Crippen LogP contribution in [0, 0.1) is 12.7 Å². The van der Waals surface area contributed by atoms with E-state index in [1.54, 1.807) is 6.07 Å². The quantitative estimate of drug-likeness (QED) is 0.834. The Morgan fingerprint density at radius 1 is 1.32 bits per heavy atom. The van der Waals surface area contributed by atoms with Crippen LogP contribution in [0.2, 0.25) is 5.02 Å². The van der Waals surface area contributed by atoms with Gasteiger partial charge in [0.25, 0.3) is 5.91 Å². The van der Waals surface area contributed by atoms with Crippen molar-refractivity contribution in [3.63, 3.8) is 0 Å². The molecule has 0 saturated heterocycles. The normalized spacial score (nSPS) is 10.3. The van der Waals surface area contributed by atoms with Crippen LogP contribution in [0.3, 0.4) is 0 Å². The zero-order chi connectivity index (χ0) is 14.0. The molecule has 0 spiro atoms. The highest BCUT2D eigenvalue weighted by Crippen LogP contribution is 2.26. The van der Waals surface area contributed by atoms with Gasteiger partial charge >= 0.3 is 0 Å². The molecule has 2 nitrogen and oxygen atoms in total. The van der Waals surface area contributed by atoms with Gasteiger partial charge < -0.3 is 5.32 Å². The summed E-state index contributed by atoms with van der Waals surface area (Å²) in [5.74, 6) is -1.14. The third kappa shape index (κ3) is 3.14. The molecule has 0 bridgehead atoms. The molecule has 0 fully saturated rings. The molecule has 0 aromatic heterocycles. The average Bonchev–Trinajstić information content (AvgIpc) is 2.38. The summed E-state index contributed by atoms with van der Waals surface area (Å²) >= 11 is 9.14. The number of amides is 1. The third-order valence-corrected chi connectivity index (χ3v) is 3.90. The lowest BCUT2D eigenvalue weighted by atomic mass is 10.1. The van der Waals surface area contributed by atoms with E-state index in [2.05, 4.69) is 21.2 Å². The Bertz CT molecular complexity index is 645. The molecule has 5 heteroatoms. The molecule has 98 valence electrons. The second-order valence-electron chi connectivity index (χ2n) is 4.01. The van der Waals surface area contributed by atoms with E-state index in [4.69, 9.17) is 11.6 Å². The predicted octanol–water partition coefficient (Wildman–Crippen LogP) is 4.80. The molecule has 0 radical (unpaired) electrons. The van der Waals surface area contributed by atoms with Crippen LogP contribution in [0.15, 0.2) is 40.9 Å². The monoisotopic (exact) mass is 341 g/mol. The van der Waals surface area contributed by atoms with Crippen LogP contribution in [-0.4, -0.2) is 5.91 Å². The van der Waals surface area contributed by atoms with Crippen LogP contribution in [0.4, 0.5) is 10.1 Å². The Morgan fingerprint density at radius 2 is 2.05 bits per heavy atom. The molecule has 0 unspecified atom stereocenters. The maximum atomic E-state index is 13.6. The van der Waals surface area contributed by atoms with Crippen LogP contribution >= 0.6 is 27.5 Å². The Kier molecular flexibility index (Phi) is 4.22. The topological polar surface area (TPSA) is 29.1 Å². The molecule has 1 amide bonds. The van der Waals surface area contributed by atoms with Gasteiger partial charge in [-0.05, 0) is 52.7 Å². The molecule has 0 aliphatic heterocycles. The van der Waals surface area contributed by atoms with Crippen LogP contribution in [0.5, 0.6) is 0 Å². The molecule has 2 aromatic rings. The summed E-state index contributed by atoms with van der Waals surface area (Å²) in [5.41, 5.74) is 1.48. The van der Waals surface area contributed by atoms with Gasteiger partial charge in [0.2, 0.25) is 0 Å². The zero-order valence-electron chi connectivity index (χ0n) is 10.0. The van der Waals surface area contributed by atoms with Gasteiger partial charge in [-0.2, -0.15) is 0 Å². The fourth-order valence-corrected chi connectivity index (χ4v) is 2.14. The minimum Gasteiger partial charge on any atom is -0.321 e. The van der Waals surface area contributed by atoms with Gasteiger partial charge in [0.1, 0.15) is 5.82 Å². The van der Waals surface area contributed by atoms with E-state index in [0.29, 0.717) is 10.7 Å². The molecular formula is C14H10BrClFNO. The third-order valence-electron chi connectivity index (χ3n) is 2.61. The molecular weight excluding hydrogens is 333 g/mol.